The molecule has 0 radical (unpaired) electrons. The maximum absolute atomic E-state index is 13.1. The monoisotopic (exact) mass is 185 g/mol. The molecule has 72 valence electrons. The van der Waals surface area contributed by atoms with E-state index in [-0.39, 0.29) is 11.3 Å². The number of nitrogens with two attached hydrogens (primary N) is 1. The maximum Gasteiger partial charge on any atom is 0.128 e. The number of aliphatic hydroxyl groups excluding tert-OH is 1. The molecule has 1 rings (SSSR count). The van der Waals surface area contributed by atoms with Crippen LogP contribution in [0.25, 0.3) is 0 Å². The van der Waals surface area contributed by atoms with E-state index in [1.807, 2.05) is 0 Å². The Morgan fingerprint density at radius 3 is 2.62 bits per heavy atom. The minimum Gasteiger partial charge on any atom is -0.508 e. The van der Waals surface area contributed by atoms with E-state index in [0.717, 1.165) is 6.07 Å². The van der Waals surface area contributed by atoms with Gasteiger partial charge in [0.2, 0.25) is 0 Å². The number of halogens is 1. The minimum atomic E-state index is -0.851. The Labute approximate surface area is 75.6 Å². The molecular formula is C9H12FNO2. The smallest absolute Gasteiger partial charge is 0.128 e. The Morgan fingerprint density at radius 2 is 2.08 bits per heavy atom. The number of phenols is 1. The lowest BCUT2D eigenvalue weighted by atomic mass is 10.0. The van der Waals surface area contributed by atoms with Gasteiger partial charge in [0, 0.05) is 5.56 Å². The topological polar surface area (TPSA) is 66.5 Å². The molecule has 0 saturated carbocycles. The van der Waals surface area contributed by atoms with Gasteiger partial charge in [0.05, 0.1) is 12.1 Å². The third-order valence-corrected chi connectivity index (χ3v) is 1.86. The summed E-state index contributed by atoms with van der Waals surface area (Å²) in [5, 5.41) is 18.2. The zero-order valence-corrected chi connectivity index (χ0v) is 7.24. The van der Waals surface area contributed by atoms with Crippen molar-refractivity contribution in [2.45, 2.75) is 19.1 Å². The van der Waals surface area contributed by atoms with Gasteiger partial charge in [-0.05, 0) is 25.1 Å². The van der Waals surface area contributed by atoms with E-state index in [1.54, 1.807) is 0 Å². The van der Waals surface area contributed by atoms with E-state index >= 15 is 0 Å². The first-order valence-corrected chi connectivity index (χ1v) is 3.94. The predicted octanol–water partition coefficient (Wildman–Crippen LogP) is 0.912. The van der Waals surface area contributed by atoms with Crippen molar-refractivity contribution in [3.05, 3.63) is 29.6 Å². The molecule has 0 fully saturated rings. The van der Waals surface area contributed by atoms with Gasteiger partial charge in [-0.25, -0.2) is 4.39 Å². The highest BCUT2D eigenvalue weighted by Gasteiger charge is 2.16. The van der Waals surface area contributed by atoms with Gasteiger partial charge >= 0.3 is 0 Å². The number of hydrogen-bond acceptors (Lipinski definition) is 3. The van der Waals surface area contributed by atoms with E-state index in [2.05, 4.69) is 0 Å². The number of benzene rings is 1. The van der Waals surface area contributed by atoms with Crippen LogP contribution >= 0.6 is 0 Å². The second-order valence-corrected chi connectivity index (χ2v) is 2.97. The van der Waals surface area contributed by atoms with Gasteiger partial charge < -0.3 is 15.9 Å². The average molecular weight is 185 g/mol. The van der Waals surface area contributed by atoms with Crippen molar-refractivity contribution in [3.63, 3.8) is 0 Å². The molecule has 1 aromatic carbocycles. The zero-order chi connectivity index (χ0) is 10.0. The van der Waals surface area contributed by atoms with Crippen molar-refractivity contribution >= 4 is 0 Å². The van der Waals surface area contributed by atoms with Crippen LogP contribution in [-0.2, 0) is 0 Å². The molecule has 0 unspecified atom stereocenters. The van der Waals surface area contributed by atoms with Crippen LogP contribution in [0.3, 0.4) is 0 Å². The van der Waals surface area contributed by atoms with Gasteiger partial charge in [-0.2, -0.15) is 0 Å². The first kappa shape index (κ1) is 9.95. The molecule has 0 aromatic heterocycles. The first-order valence-electron chi connectivity index (χ1n) is 3.94. The van der Waals surface area contributed by atoms with Crippen molar-refractivity contribution in [3.8, 4) is 5.75 Å². The van der Waals surface area contributed by atoms with Gasteiger partial charge in [0.15, 0.2) is 0 Å². The van der Waals surface area contributed by atoms with Crippen molar-refractivity contribution in [1.29, 1.82) is 0 Å². The predicted molar refractivity (Wildman–Crippen MR) is 46.7 cm³/mol. The Balaban J connectivity index is 3.05. The number of aromatic hydroxyl groups is 1. The summed E-state index contributed by atoms with van der Waals surface area (Å²) in [6.07, 6.45) is -0.851. The van der Waals surface area contributed by atoms with E-state index in [0.29, 0.717) is 0 Å². The van der Waals surface area contributed by atoms with Gasteiger partial charge in [-0.1, -0.05) is 0 Å². The average Bonchev–Trinajstić information content (AvgIpc) is 2.08. The Hall–Kier alpha value is -1.13. The van der Waals surface area contributed by atoms with E-state index in [4.69, 9.17) is 15.9 Å². The summed E-state index contributed by atoms with van der Waals surface area (Å²) >= 11 is 0. The molecule has 4 N–H and O–H groups in total. The highest BCUT2D eigenvalue weighted by Crippen LogP contribution is 2.22. The summed E-state index contributed by atoms with van der Waals surface area (Å²) in [6.45, 7) is 1.47. The molecule has 0 aliphatic heterocycles. The van der Waals surface area contributed by atoms with Crippen LogP contribution in [0.2, 0.25) is 0 Å². The minimum absolute atomic E-state index is 0.0625. The summed E-state index contributed by atoms with van der Waals surface area (Å²) in [4.78, 5) is 0. The third kappa shape index (κ3) is 2.17. The normalized spacial score (nSPS) is 15.4. The van der Waals surface area contributed by atoms with Gasteiger partial charge in [-0.15, -0.1) is 0 Å². The molecule has 0 bridgehead atoms. The Kier molecular flexibility index (Phi) is 2.85. The Morgan fingerprint density at radius 1 is 1.46 bits per heavy atom. The molecule has 0 amide bonds. The van der Waals surface area contributed by atoms with E-state index < -0.39 is 18.0 Å². The van der Waals surface area contributed by atoms with Crippen molar-refractivity contribution in [1.82, 2.24) is 0 Å². The molecule has 13 heavy (non-hydrogen) atoms. The fourth-order valence-corrected chi connectivity index (χ4v) is 1.05. The lowest BCUT2D eigenvalue weighted by Crippen LogP contribution is -2.24. The van der Waals surface area contributed by atoms with Crippen molar-refractivity contribution in [2.24, 2.45) is 5.73 Å². The van der Waals surface area contributed by atoms with Gasteiger partial charge in [0.1, 0.15) is 11.6 Å². The summed E-state index contributed by atoms with van der Waals surface area (Å²) in [6, 6.07) is 2.75. The van der Waals surface area contributed by atoms with Gasteiger partial charge in [-0.3, -0.25) is 0 Å². The summed E-state index contributed by atoms with van der Waals surface area (Å²) in [5.41, 5.74) is 5.63. The van der Waals surface area contributed by atoms with E-state index in [9.17, 15) is 4.39 Å². The fraction of sp³-hybridized carbons (Fsp3) is 0.333. The molecule has 0 saturated heterocycles. The standard InChI is InChI=1S/C9H12FNO2/c1-5(12)9(11)7-4-6(13)2-3-8(7)10/h2-5,9,12-13H,11H2,1H3/t5-,9+/m1/s1. The van der Waals surface area contributed by atoms with Crippen LogP contribution in [0.4, 0.5) is 4.39 Å². The van der Waals surface area contributed by atoms with Crippen LogP contribution in [-0.4, -0.2) is 16.3 Å². The van der Waals surface area contributed by atoms with Crippen LogP contribution in [0.1, 0.15) is 18.5 Å². The van der Waals surface area contributed by atoms with Crippen LogP contribution in [0, 0.1) is 5.82 Å². The maximum atomic E-state index is 13.1. The van der Waals surface area contributed by atoms with Crippen molar-refractivity contribution in [2.75, 3.05) is 0 Å². The summed E-state index contributed by atoms with van der Waals surface area (Å²) in [7, 11) is 0. The number of phenolic OH excluding ortho intramolecular Hbond substituents is 1. The highest BCUT2D eigenvalue weighted by atomic mass is 19.1. The molecular weight excluding hydrogens is 173 g/mol. The highest BCUT2D eigenvalue weighted by molar-refractivity contribution is 5.31. The largest absolute Gasteiger partial charge is 0.508 e. The number of aliphatic hydroxyl groups is 1. The molecule has 4 heteroatoms. The molecule has 2 atom stereocenters. The zero-order valence-electron chi connectivity index (χ0n) is 7.24. The quantitative estimate of drug-likeness (QED) is 0.641. The molecule has 0 heterocycles. The SMILES string of the molecule is C[C@@H](O)[C@H](N)c1cc(O)ccc1F. The second-order valence-electron chi connectivity index (χ2n) is 2.97. The lowest BCUT2D eigenvalue weighted by molar-refractivity contribution is 0.162. The van der Waals surface area contributed by atoms with E-state index in [1.165, 1.54) is 19.1 Å². The number of hydrogen-bond donors (Lipinski definition) is 3. The lowest BCUT2D eigenvalue weighted by Gasteiger charge is -2.15. The van der Waals surface area contributed by atoms with Crippen LogP contribution < -0.4 is 5.73 Å². The molecule has 0 spiro atoms. The third-order valence-electron chi connectivity index (χ3n) is 1.86. The molecule has 0 aliphatic rings. The molecule has 1 aromatic rings. The fourth-order valence-electron chi connectivity index (χ4n) is 1.05. The Bertz CT molecular complexity index is 302. The second kappa shape index (κ2) is 3.72. The molecule has 3 nitrogen and oxygen atoms in total. The summed E-state index contributed by atoms with van der Waals surface area (Å²) in [5.74, 6) is -0.585. The van der Waals surface area contributed by atoms with Gasteiger partial charge in [0.25, 0.3) is 0 Å². The van der Waals surface area contributed by atoms with Crippen LogP contribution in [0.5, 0.6) is 5.75 Å². The number of rotatable bonds is 2. The summed E-state index contributed by atoms with van der Waals surface area (Å²) < 4.78 is 13.1. The molecule has 0 aliphatic carbocycles. The first-order chi connectivity index (χ1) is 6.02. The van der Waals surface area contributed by atoms with Crippen LogP contribution in [0.15, 0.2) is 18.2 Å². The van der Waals surface area contributed by atoms with Crippen molar-refractivity contribution < 1.29 is 14.6 Å².